The van der Waals surface area contributed by atoms with Crippen LogP contribution < -0.4 is 0 Å². The van der Waals surface area contributed by atoms with E-state index in [1.807, 2.05) is 24.3 Å². The van der Waals surface area contributed by atoms with Crippen molar-refractivity contribution in [2.45, 2.75) is 20.3 Å². The molecule has 1 aromatic heterocycles. The molecule has 1 aromatic carbocycles. The highest BCUT2D eigenvalue weighted by atomic mass is 35.5. The lowest BCUT2D eigenvalue weighted by Gasteiger charge is -2.04. The van der Waals surface area contributed by atoms with Gasteiger partial charge in [0.1, 0.15) is 5.15 Å². The quantitative estimate of drug-likeness (QED) is 0.782. The molecule has 3 nitrogen and oxygen atoms in total. The molecule has 2 rings (SSSR count). The van der Waals surface area contributed by atoms with Crippen LogP contribution in [0.15, 0.2) is 24.3 Å². The van der Waals surface area contributed by atoms with E-state index in [-0.39, 0.29) is 0 Å². The number of aromatic nitrogens is 2. The van der Waals surface area contributed by atoms with Crippen molar-refractivity contribution in [2.75, 3.05) is 0 Å². The summed E-state index contributed by atoms with van der Waals surface area (Å²) >= 11 is 6.11. The number of benzene rings is 1. The molecule has 0 amide bonds. The van der Waals surface area contributed by atoms with Gasteiger partial charge in [0.05, 0.1) is 16.9 Å². The maximum Gasteiger partial charge on any atom is 0.155 e. The monoisotopic (exact) mass is 248 g/mol. The van der Waals surface area contributed by atoms with Crippen LogP contribution in [0.3, 0.4) is 0 Å². The zero-order valence-corrected chi connectivity index (χ0v) is 10.5. The first kappa shape index (κ1) is 11.9. The Morgan fingerprint density at radius 3 is 2.47 bits per heavy atom. The summed E-state index contributed by atoms with van der Waals surface area (Å²) in [5.41, 5.74) is 3.21. The number of hydrogen-bond donors (Lipinski definition) is 0. The fraction of sp³-hybridized carbons (Fsp3) is 0.231. The van der Waals surface area contributed by atoms with Crippen LogP contribution in [-0.4, -0.2) is 16.1 Å². The highest BCUT2D eigenvalue weighted by molar-refractivity contribution is 6.32. The Balaban J connectivity index is 2.49. The number of aryl methyl sites for hydroxylation is 2. The first-order valence-electron chi connectivity index (χ1n) is 5.47. The van der Waals surface area contributed by atoms with E-state index >= 15 is 0 Å². The Hall–Kier alpha value is -1.61. The lowest BCUT2D eigenvalue weighted by atomic mass is 10.1. The zero-order valence-electron chi connectivity index (χ0n) is 9.77. The average Bonchev–Trinajstić information content (AvgIpc) is 2.64. The van der Waals surface area contributed by atoms with Crippen LogP contribution >= 0.6 is 11.6 Å². The molecule has 0 unspecified atom stereocenters. The summed E-state index contributed by atoms with van der Waals surface area (Å²) in [6.07, 6.45) is 1.73. The molecule has 0 saturated carbocycles. The number of halogens is 1. The van der Waals surface area contributed by atoms with Crippen LogP contribution in [0, 0.1) is 6.92 Å². The second kappa shape index (κ2) is 4.72. The van der Waals surface area contributed by atoms with E-state index in [0.29, 0.717) is 16.4 Å². The second-order valence-corrected chi connectivity index (χ2v) is 4.20. The van der Waals surface area contributed by atoms with E-state index in [9.17, 15) is 4.79 Å². The van der Waals surface area contributed by atoms with E-state index in [0.717, 1.165) is 18.4 Å². The van der Waals surface area contributed by atoms with Gasteiger partial charge in [0.15, 0.2) is 6.29 Å². The van der Waals surface area contributed by atoms with Crippen molar-refractivity contribution in [1.82, 2.24) is 9.78 Å². The minimum atomic E-state index is 0.363. The predicted octanol–water partition coefficient (Wildman–Crippen LogP) is 3.21. The summed E-state index contributed by atoms with van der Waals surface area (Å²) in [7, 11) is 0. The SMILES string of the molecule is CCc1ccc(-n2nc(C)c(C=O)c2Cl)cc1. The fourth-order valence-electron chi connectivity index (χ4n) is 1.69. The molecule has 17 heavy (non-hydrogen) atoms. The summed E-state index contributed by atoms with van der Waals surface area (Å²) in [4.78, 5) is 10.9. The molecule has 0 fully saturated rings. The van der Waals surface area contributed by atoms with Gasteiger partial charge in [0.2, 0.25) is 0 Å². The second-order valence-electron chi connectivity index (χ2n) is 3.84. The minimum absolute atomic E-state index is 0.363. The van der Waals surface area contributed by atoms with Gasteiger partial charge in [0, 0.05) is 0 Å². The molecule has 1 heterocycles. The van der Waals surface area contributed by atoms with Crippen LogP contribution in [0.1, 0.15) is 28.5 Å². The Bertz CT molecular complexity index is 543. The summed E-state index contributed by atoms with van der Waals surface area (Å²) in [5, 5.41) is 4.62. The Morgan fingerprint density at radius 2 is 2.00 bits per heavy atom. The van der Waals surface area contributed by atoms with Crippen molar-refractivity contribution < 1.29 is 4.79 Å². The Kier molecular flexibility index (Phi) is 3.29. The number of carbonyl (C=O) groups excluding carboxylic acids is 1. The third-order valence-corrected chi connectivity index (χ3v) is 3.12. The standard InChI is InChI=1S/C13H13ClN2O/c1-3-10-4-6-11(7-5-10)16-13(14)12(8-17)9(2)15-16/h4-8H,3H2,1-2H3. The normalized spacial score (nSPS) is 10.5. The Labute approximate surface area is 105 Å². The number of carbonyl (C=O) groups is 1. The summed E-state index contributed by atoms with van der Waals surface area (Å²) in [6.45, 7) is 3.87. The van der Waals surface area contributed by atoms with Crippen LogP contribution in [0.4, 0.5) is 0 Å². The van der Waals surface area contributed by atoms with E-state index in [4.69, 9.17) is 11.6 Å². The van der Waals surface area contributed by atoms with Crippen molar-refractivity contribution in [3.63, 3.8) is 0 Å². The average molecular weight is 249 g/mol. The van der Waals surface area contributed by atoms with Gasteiger partial charge < -0.3 is 0 Å². The first-order chi connectivity index (χ1) is 8.17. The molecule has 0 atom stereocenters. The molecular weight excluding hydrogens is 236 g/mol. The van der Waals surface area contributed by atoms with E-state index in [1.165, 1.54) is 5.56 Å². The van der Waals surface area contributed by atoms with Crippen LogP contribution in [0.2, 0.25) is 5.15 Å². The third kappa shape index (κ3) is 2.11. The predicted molar refractivity (Wildman–Crippen MR) is 68.1 cm³/mol. The van der Waals surface area contributed by atoms with Gasteiger partial charge in [-0.15, -0.1) is 0 Å². The van der Waals surface area contributed by atoms with E-state index in [1.54, 1.807) is 11.6 Å². The van der Waals surface area contributed by atoms with Crippen LogP contribution in [-0.2, 0) is 6.42 Å². The lowest BCUT2D eigenvalue weighted by molar-refractivity contribution is 0.112. The van der Waals surface area contributed by atoms with Gasteiger partial charge in [-0.05, 0) is 31.0 Å². The molecule has 88 valence electrons. The third-order valence-electron chi connectivity index (χ3n) is 2.76. The van der Waals surface area contributed by atoms with Crippen molar-refractivity contribution >= 4 is 17.9 Å². The van der Waals surface area contributed by atoms with Crippen molar-refractivity contribution in [3.05, 3.63) is 46.2 Å². The molecule has 0 aliphatic heterocycles. The van der Waals surface area contributed by atoms with Gasteiger partial charge in [-0.1, -0.05) is 30.7 Å². The largest absolute Gasteiger partial charge is 0.298 e. The smallest absolute Gasteiger partial charge is 0.155 e. The highest BCUT2D eigenvalue weighted by Crippen LogP contribution is 2.22. The van der Waals surface area contributed by atoms with Crippen molar-refractivity contribution in [3.8, 4) is 5.69 Å². The summed E-state index contributed by atoms with van der Waals surface area (Å²) < 4.78 is 1.58. The van der Waals surface area contributed by atoms with Gasteiger partial charge >= 0.3 is 0 Å². The fourth-order valence-corrected chi connectivity index (χ4v) is 2.01. The molecule has 4 heteroatoms. The number of hydrogen-bond acceptors (Lipinski definition) is 2. The van der Waals surface area contributed by atoms with Gasteiger partial charge in [-0.25, -0.2) is 4.68 Å². The summed E-state index contributed by atoms with van der Waals surface area (Å²) in [6, 6.07) is 7.96. The van der Waals surface area contributed by atoms with Crippen molar-refractivity contribution in [1.29, 1.82) is 0 Å². The number of nitrogens with zero attached hydrogens (tertiary/aromatic N) is 2. The zero-order chi connectivity index (χ0) is 12.4. The summed E-state index contributed by atoms with van der Waals surface area (Å²) in [5.74, 6) is 0. The molecule has 0 radical (unpaired) electrons. The minimum Gasteiger partial charge on any atom is -0.298 e. The van der Waals surface area contributed by atoms with Crippen LogP contribution in [0.5, 0.6) is 0 Å². The first-order valence-corrected chi connectivity index (χ1v) is 5.84. The lowest BCUT2D eigenvalue weighted by Crippen LogP contribution is -1.97. The molecule has 0 aliphatic carbocycles. The topological polar surface area (TPSA) is 34.9 Å². The Morgan fingerprint density at radius 1 is 1.35 bits per heavy atom. The van der Waals surface area contributed by atoms with Gasteiger partial charge in [-0.2, -0.15) is 5.10 Å². The van der Waals surface area contributed by atoms with E-state index in [2.05, 4.69) is 12.0 Å². The molecular formula is C13H13ClN2O. The van der Waals surface area contributed by atoms with Crippen LogP contribution in [0.25, 0.3) is 5.69 Å². The molecule has 0 bridgehead atoms. The molecule has 0 spiro atoms. The van der Waals surface area contributed by atoms with Gasteiger partial charge in [-0.3, -0.25) is 4.79 Å². The number of rotatable bonds is 3. The molecule has 0 N–H and O–H groups in total. The van der Waals surface area contributed by atoms with Crippen molar-refractivity contribution in [2.24, 2.45) is 0 Å². The van der Waals surface area contributed by atoms with E-state index < -0.39 is 0 Å². The molecule has 0 saturated heterocycles. The maximum absolute atomic E-state index is 10.9. The molecule has 2 aromatic rings. The maximum atomic E-state index is 10.9. The highest BCUT2D eigenvalue weighted by Gasteiger charge is 2.13. The number of aldehydes is 1. The van der Waals surface area contributed by atoms with Gasteiger partial charge in [0.25, 0.3) is 0 Å². The molecule has 0 aliphatic rings.